The van der Waals surface area contributed by atoms with Crippen molar-refractivity contribution in [3.63, 3.8) is 0 Å². The van der Waals surface area contributed by atoms with Gasteiger partial charge in [0.2, 0.25) is 0 Å². The van der Waals surface area contributed by atoms with Gasteiger partial charge < -0.3 is 15.5 Å². The van der Waals surface area contributed by atoms with Crippen LogP contribution < -0.4 is 10.5 Å². The van der Waals surface area contributed by atoms with Crippen molar-refractivity contribution in [3.05, 3.63) is 72.7 Å². The summed E-state index contributed by atoms with van der Waals surface area (Å²) >= 11 is 0. The van der Waals surface area contributed by atoms with Crippen molar-refractivity contribution in [2.24, 2.45) is 0 Å². The van der Waals surface area contributed by atoms with E-state index in [0.717, 1.165) is 33.5 Å². The highest BCUT2D eigenvalue weighted by Crippen LogP contribution is 2.32. The number of H-pyrrole nitrogens is 1. The van der Waals surface area contributed by atoms with Gasteiger partial charge in [-0.1, -0.05) is 42.5 Å². The molecule has 0 amide bonds. The fraction of sp³-hybridized carbons (Fsp3) is 0.0526. The largest absolute Gasteiger partial charge is 0.489 e. The monoisotopic (exact) mass is 316 g/mol. The molecule has 0 saturated carbocycles. The lowest BCUT2D eigenvalue weighted by atomic mass is 10.1. The summed E-state index contributed by atoms with van der Waals surface area (Å²) in [5, 5.41) is 0.831. The molecule has 5 heteroatoms. The predicted molar refractivity (Wildman–Crippen MR) is 94.5 cm³/mol. The van der Waals surface area contributed by atoms with Crippen molar-refractivity contribution >= 4 is 16.9 Å². The van der Waals surface area contributed by atoms with E-state index in [1.807, 2.05) is 60.8 Å². The number of ether oxygens (including phenoxy) is 1. The fourth-order valence-corrected chi connectivity index (χ4v) is 2.71. The molecule has 4 aromatic rings. The lowest BCUT2D eigenvalue weighted by molar-refractivity contribution is 0.306. The minimum absolute atomic E-state index is 0.465. The van der Waals surface area contributed by atoms with Gasteiger partial charge in [0.05, 0.1) is 5.39 Å². The molecule has 0 aliphatic rings. The van der Waals surface area contributed by atoms with Gasteiger partial charge in [-0.3, -0.25) is 0 Å². The van der Waals surface area contributed by atoms with Crippen molar-refractivity contribution in [1.29, 1.82) is 0 Å². The van der Waals surface area contributed by atoms with Gasteiger partial charge in [-0.15, -0.1) is 0 Å². The first-order valence-corrected chi connectivity index (χ1v) is 7.66. The number of anilines is 1. The van der Waals surface area contributed by atoms with E-state index in [1.54, 1.807) is 0 Å². The van der Waals surface area contributed by atoms with Crippen LogP contribution in [0.15, 0.2) is 67.1 Å². The first-order chi connectivity index (χ1) is 11.8. The van der Waals surface area contributed by atoms with Gasteiger partial charge in [0.1, 0.15) is 30.1 Å². The van der Waals surface area contributed by atoms with E-state index in [0.29, 0.717) is 12.4 Å². The van der Waals surface area contributed by atoms with Gasteiger partial charge in [-0.2, -0.15) is 0 Å². The molecule has 5 nitrogen and oxygen atoms in total. The average molecular weight is 316 g/mol. The second-order valence-electron chi connectivity index (χ2n) is 5.49. The van der Waals surface area contributed by atoms with Gasteiger partial charge in [-0.05, 0) is 23.3 Å². The van der Waals surface area contributed by atoms with Crippen LogP contribution in [0.4, 0.5) is 5.82 Å². The van der Waals surface area contributed by atoms with Gasteiger partial charge in [0.25, 0.3) is 0 Å². The quantitative estimate of drug-likeness (QED) is 0.600. The smallest absolute Gasteiger partial charge is 0.143 e. The summed E-state index contributed by atoms with van der Waals surface area (Å²) in [6.07, 6.45) is 3.35. The molecule has 0 fully saturated rings. The van der Waals surface area contributed by atoms with E-state index in [9.17, 15) is 0 Å². The van der Waals surface area contributed by atoms with Gasteiger partial charge in [-0.25, -0.2) is 9.97 Å². The summed E-state index contributed by atoms with van der Waals surface area (Å²) in [5.41, 5.74) is 9.84. The molecule has 2 aromatic heterocycles. The Labute approximate surface area is 139 Å². The summed E-state index contributed by atoms with van der Waals surface area (Å²) in [6, 6.07) is 18.0. The second-order valence-corrected chi connectivity index (χ2v) is 5.49. The Balaban J connectivity index is 1.64. The summed E-state index contributed by atoms with van der Waals surface area (Å²) in [5.74, 6) is 1.27. The summed E-state index contributed by atoms with van der Waals surface area (Å²) in [4.78, 5) is 11.4. The maximum absolute atomic E-state index is 6.01. The minimum Gasteiger partial charge on any atom is -0.489 e. The standard InChI is InChI=1S/C19H16N4O/c20-18-17-16(10-21-19(17)23-12-22-18)14-7-4-8-15(9-14)24-11-13-5-2-1-3-6-13/h1-10,12H,11H2,(H3,20,21,22,23). The molecule has 0 radical (unpaired) electrons. The summed E-state index contributed by atoms with van der Waals surface area (Å²) in [7, 11) is 0. The van der Waals surface area contributed by atoms with Crippen molar-refractivity contribution in [2.45, 2.75) is 6.61 Å². The normalized spacial score (nSPS) is 10.8. The Morgan fingerprint density at radius 3 is 2.75 bits per heavy atom. The molecule has 0 spiro atoms. The van der Waals surface area contributed by atoms with Crippen LogP contribution in [-0.2, 0) is 6.61 Å². The van der Waals surface area contributed by atoms with Crippen molar-refractivity contribution in [3.8, 4) is 16.9 Å². The second kappa shape index (κ2) is 6.04. The zero-order chi connectivity index (χ0) is 16.4. The molecule has 3 N–H and O–H groups in total. The van der Waals surface area contributed by atoms with E-state index in [2.05, 4.69) is 15.0 Å². The van der Waals surface area contributed by atoms with Crippen molar-refractivity contribution < 1.29 is 4.74 Å². The first kappa shape index (κ1) is 14.3. The molecule has 0 atom stereocenters. The summed E-state index contributed by atoms with van der Waals surface area (Å²) < 4.78 is 5.90. The molecule has 118 valence electrons. The molecule has 0 bridgehead atoms. The molecule has 4 rings (SSSR count). The van der Waals surface area contributed by atoms with Crippen LogP contribution in [0.1, 0.15) is 5.56 Å². The predicted octanol–water partition coefficient (Wildman–Crippen LogP) is 3.79. The van der Waals surface area contributed by atoms with Gasteiger partial charge in [0, 0.05) is 11.8 Å². The van der Waals surface area contributed by atoms with Crippen molar-refractivity contribution in [2.75, 3.05) is 5.73 Å². The number of nitrogens with two attached hydrogens (primary N) is 1. The number of hydrogen-bond donors (Lipinski definition) is 2. The third-order valence-electron chi connectivity index (χ3n) is 3.89. The third kappa shape index (κ3) is 2.67. The molecule has 0 unspecified atom stereocenters. The topological polar surface area (TPSA) is 76.8 Å². The number of aromatic amines is 1. The zero-order valence-corrected chi connectivity index (χ0v) is 12.9. The Kier molecular flexibility index (Phi) is 3.59. The Morgan fingerprint density at radius 1 is 1.00 bits per heavy atom. The van der Waals surface area contributed by atoms with Gasteiger partial charge in [0.15, 0.2) is 0 Å². The van der Waals surface area contributed by atoms with Crippen molar-refractivity contribution in [1.82, 2.24) is 15.0 Å². The van der Waals surface area contributed by atoms with Crippen LogP contribution >= 0.6 is 0 Å². The molecule has 0 saturated heterocycles. The number of hydrogen-bond acceptors (Lipinski definition) is 4. The molecule has 0 aliphatic carbocycles. The molecule has 2 aromatic carbocycles. The van der Waals surface area contributed by atoms with Crippen LogP contribution in [0.25, 0.3) is 22.2 Å². The Morgan fingerprint density at radius 2 is 1.88 bits per heavy atom. The number of rotatable bonds is 4. The number of benzene rings is 2. The lowest BCUT2D eigenvalue weighted by Crippen LogP contribution is -1.95. The maximum Gasteiger partial charge on any atom is 0.143 e. The maximum atomic E-state index is 6.01. The highest BCUT2D eigenvalue weighted by atomic mass is 16.5. The number of nitrogen functional groups attached to an aromatic ring is 1. The molecule has 24 heavy (non-hydrogen) atoms. The third-order valence-corrected chi connectivity index (χ3v) is 3.89. The van der Waals surface area contributed by atoms with Crippen LogP contribution in [0, 0.1) is 0 Å². The Bertz CT molecular complexity index is 979. The van der Waals surface area contributed by atoms with Crippen LogP contribution in [-0.4, -0.2) is 15.0 Å². The van der Waals surface area contributed by atoms with E-state index >= 15 is 0 Å². The molecular formula is C19H16N4O. The number of aromatic nitrogens is 3. The van der Waals surface area contributed by atoms with Crippen LogP contribution in [0.3, 0.4) is 0 Å². The van der Waals surface area contributed by atoms with E-state index < -0.39 is 0 Å². The Hall–Kier alpha value is -3.34. The summed E-state index contributed by atoms with van der Waals surface area (Å²) in [6.45, 7) is 0.531. The van der Waals surface area contributed by atoms with E-state index in [4.69, 9.17) is 10.5 Å². The lowest BCUT2D eigenvalue weighted by Gasteiger charge is -2.08. The van der Waals surface area contributed by atoms with E-state index in [1.165, 1.54) is 6.33 Å². The first-order valence-electron chi connectivity index (χ1n) is 7.66. The zero-order valence-electron chi connectivity index (χ0n) is 12.9. The highest BCUT2D eigenvalue weighted by Gasteiger charge is 2.11. The molecule has 2 heterocycles. The molecular weight excluding hydrogens is 300 g/mol. The molecule has 0 aliphatic heterocycles. The number of fused-ring (bicyclic) bond motifs is 1. The minimum atomic E-state index is 0.465. The number of nitrogens with one attached hydrogen (secondary N) is 1. The fourth-order valence-electron chi connectivity index (χ4n) is 2.71. The SMILES string of the molecule is Nc1ncnc2[nH]cc(-c3cccc(OCc4ccccc4)c3)c12. The van der Waals surface area contributed by atoms with Crippen LogP contribution in [0.2, 0.25) is 0 Å². The number of nitrogens with zero attached hydrogens (tertiary/aromatic N) is 2. The average Bonchev–Trinajstić information content (AvgIpc) is 3.07. The van der Waals surface area contributed by atoms with Crippen LogP contribution in [0.5, 0.6) is 5.75 Å². The van der Waals surface area contributed by atoms with Gasteiger partial charge >= 0.3 is 0 Å². The van der Waals surface area contributed by atoms with E-state index in [-0.39, 0.29) is 0 Å². The highest BCUT2D eigenvalue weighted by molar-refractivity contribution is 6.00.